The number of carbonyl (C=O) groups excluding carboxylic acids is 1. The van der Waals surface area contributed by atoms with Gasteiger partial charge in [-0.15, -0.1) is 0 Å². The molecule has 0 saturated carbocycles. The van der Waals surface area contributed by atoms with Crippen LogP contribution in [-0.2, 0) is 6.54 Å². The molecule has 0 aliphatic carbocycles. The summed E-state index contributed by atoms with van der Waals surface area (Å²) in [6.45, 7) is 3.46. The lowest BCUT2D eigenvalue weighted by Gasteiger charge is -2.23. The Balaban J connectivity index is 1.87. The summed E-state index contributed by atoms with van der Waals surface area (Å²) in [7, 11) is 0. The summed E-state index contributed by atoms with van der Waals surface area (Å²) in [6, 6.07) is 5.64. The number of hydrogen-bond acceptors (Lipinski definition) is 3. The van der Waals surface area contributed by atoms with Crippen molar-refractivity contribution in [3.63, 3.8) is 0 Å². The molecule has 1 amide bonds. The van der Waals surface area contributed by atoms with Gasteiger partial charge in [-0.2, -0.15) is 5.10 Å². The van der Waals surface area contributed by atoms with E-state index in [4.69, 9.17) is 4.42 Å². The zero-order chi connectivity index (χ0) is 13.2. The average Bonchev–Trinajstić information content (AvgIpc) is 3.16. The topological polar surface area (TPSA) is 51.3 Å². The summed E-state index contributed by atoms with van der Waals surface area (Å²) >= 11 is 0. The maximum Gasteiger partial charge on any atom is 0.272 e. The van der Waals surface area contributed by atoms with Crippen molar-refractivity contribution >= 4 is 5.91 Å². The van der Waals surface area contributed by atoms with E-state index in [1.807, 2.05) is 24.0 Å². The number of rotatable bonds is 3. The zero-order valence-electron chi connectivity index (χ0n) is 11.0. The van der Waals surface area contributed by atoms with Gasteiger partial charge < -0.3 is 9.32 Å². The first-order valence-electron chi connectivity index (χ1n) is 6.67. The van der Waals surface area contributed by atoms with Gasteiger partial charge in [0.25, 0.3) is 5.91 Å². The molecule has 3 heterocycles. The number of nitrogens with zero attached hydrogens (tertiary/aromatic N) is 3. The first kappa shape index (κ1) is 12.0. The van der Waals surface area contributed by atoms with Gasteiger partial charge in [0.15, 0.2) is 0 Å². The molecule has 0 bridgehead atoms. The minimum absolute atomic E-state index is 0.0400. The van der Waals surface area contributed by atoms with Crippen LogP contribution < -0.4 is 0 Å². The highest BCUT2D eigenvalue weighted by Gasteiger charge is 2.33. The monoisotopic (exact) mass is 259 g/mol. The fourth-order valence-corrected chi connectivity index (χ4v) is 2.70. The third-order valence-electron chi connectivity index (χ3n) is 3.62. The number of hydrogen-bond donors (Lipinski definition) is 0. The van der Waals surface area contributed by atoms with Crippen molar-refractivity contribution in [1.29, 1.82) is 0 Å². The molecule has 19 heavy (non-hydrogen) atoms. The van der Waals surface area contributed by atoms with Crippen LogP contribution in [0, 0.1) is 0 Å². The summed E-state index contributed by atoms with van der Waals surface area (Å²) < 4.78 is 7.19. The van der Waals surface area contributed by atoms with Crippen LogP contribution in [0.25, 0.3) is 0 Å². The minimum Gasteiger partial charge on any atom is -0.467 e. The van der Waals surface area contributed by atoms with Gasteiger partial charge in [0, 0.05) is 19.3 Å². The van der Waals surface area contributed by atoms with E-state index in [-0.39, 0.29) is 11.9 Å². The third kappa shape index (κ3) is 2.05. The Morgan fingerprint density at radius 1 is 1.53 bits per heavy atom. The summed E-state index contributed by atoms with van der Waals surface area (Å²) in [5.74, 6) is 0.909. The van der Waals surface area contributed by atoms with E-state index in [1.165, 1.54) is 0 Å². The molecule has 0 unspecified atom stereocenters. The lowest BCUT2D eigenvalue weighted by Crippen LogP contribution is -2.32. The Hall–Kier alpha value is -2.04. The summed E-state index contributed by atoms with van der Waals surface area (Å²) in [5, 5.41) is 4.16. The molecule has 100 valence electrons. The van der Waals surface area contributed by atoms with Crippen LogP contribution in [0.3, 0.4) is 0 Å². The van der Waals surface area contributed by atoms with Crippen molar-refractivity contribution < 1.29 is 9.21 Å². The van der Waals surface area contributed by atoms with Gasteiger partial charge in [-0.1, -0.05) is 0 Å². The zero-order valence-corrected chi connectivity index (χ0v) is 11.0. The Labute approximate surface area is 111 Å². The molecule has 0 radical (unpaired) electrons. The van der Waals surface area contributed by atoms with E-state index < -0.39 is 0 Å². The molecular weight excluding hydrogens is 242 g/mol. The van der Waals surface area contributed by atoms with Crippen LogP contribution in [0.5, 0.6) is 0 Å². The highest BCUT2D eigenvalue weighted by Crippen LogP contribution is 2.33. The van der Waals surface area contributed by atoms with Gasteiger partial charge in [-0.3, -0.25) is 9.48 Å². The van der Waals surface area contributed by atoms with Crippen molar-refractivity contribution in [2.24, 2.45) is 0 Å². The molecule has 1 aliphatic heterocycles. The van der Waals surface area contributed by atoms with Gasteiger partial charge in [-0.25, -0.2) is 0 Å². The lowest BCUT2D eigenvalue weighted by molar-refractivity contribution is 0.0707. The molecule has 0 spiro atoms. The molecule has 1 fully saturated rings. The second-order valence-electron chi connectivity index (χ2n) is 4.70. The molecule has 1 atom stereocenters. The Morgan fingerprint density at radius 2 is 2.42 bits per heavy atom. The molecule has 2 aromatic rings. The number of carbonyl (C=O) groups is 1. The molecule has 5 nitrogen and oxygen atoms in total. The molecule has 5 heteroatoms. The smallest absolute Gasteiger partial charge is 0.272 e. The van der Waals surface area contributed by atoms with E-state index in [1.54, 1.807) is 23.2 Å². The van der Waals surface area contributed by atoms with E-state index in [0.717, 1.165) is 25.1 Å². The maximum atomic E-state index is 12.6. The standard InChI is InChI=1S/C14H17N3O2/c1-2-17-12(7-8-15-17)14(18)16-9-3-5-11(16)13-6-4-10-19-13/h4,6-8,10-11H,2-3,5,9H2,1H3/t11-/m0/s1. The van der Waals surface area contributed by atoms with E-state index >= 15 is 0 Å². The number of aryl methyl sites for hydroxylation is 1. The number of amides is 1. The van der Waals surface area contributed by atoms with Crippen LogP contribution in [0.15, 0.2) is 35.1 Å². The Morgan fingerprint density at radius 3 is 3.16 bits per heavy atom. The van der Waals surface area contributed by atoms with Gasteiger partial charge >= 0.3 is 0 Å². The van der Waals surface area contributed by atoms with E-state index in [2.05, 4.69) is 5.10 Å². The molecule has 0 aromatic carbocycles. The average molecular weight is 259 g/mol. The quantitative estimate of drug-likeness (QED) is 0.850. The third-order valence-corrected chi connectivity index (χ3v) is 3.62. The number of furan rings is 1. The van der Waals surface area contributed by atoms with E-state index in [9.17, 15) is 4.79 Å². The second-order valence-corrected chi connectivity index (χ2v) is 4.70. The predicted octanol–water partition coefficient (Wildman–Crippen LogP) is 2.47. The van der Waals surface area contributed by atoms with Crippen LogP contribution >= 0.6 is 0 Å². The van der Waals surface area contributed by atoms with Crippen molar-refractivity contribution in [3.05, 3.63) is 42.1 Å². The molecule has 0 N–H and O–H groups in total. The fraction of sp³-hybridized carbons (Fsp3) is 0.429. The van der Waals surface area contributed by atoms with Gasteiger partial charge in [0.1, 0.15) is 11.5 Å². The van der Waals surface area contributed by atoms with Crippen LogP contribution in [0.2, 0.25) is 0 Å². The number of aromatic nitrogens is 2. The maximum absolute atomic E-state index is 12.6. The molecule has 3 rings (SSSR count). The van der Waals surface area contributed by atoms with Crippen molar-refractivity contribution in [2.45, 2.75) is 32.4 Å². The van der Waals surface area contributed by atoms with E-state index in [0.29, 0.717) is 12.2 Å². The van der Waals surface area contributed by atoms with Crippen LogP contribution in [0.1, 0.15) is 42.1 Å². The van der Waals surface area contributed by atoms with Gasteiger partial charge in [-0.05, 0) is 38.0 Å². The SMILES string of the molecule is CCn1nccc1C(=O)N1CCC[C@H]1c1ccco1. The molecular formula is C14H17N3O2. The second kappa shape index (κ2) is 4.91. The number of likely N-dealkylation sites (tertiary alicyclic amines) is 1. The highest BCUT2D eigenvalue weighted by molar-refractivity contribution is 5.93. The minimum atomic E-state index is 0.0400. The fourth-order valence-electron chi connectivity index (χ4n) is 2.70. The lowest BCUT2D eigenvalue weighted by atomic mass is 10.1. The highest BCUT2D eigenvalue weighted by atomic mass is 16.3. The first-order valence-corrected chi connectivity index (χ1v) is 6.67. The normalized spacial score (nSPS) is 19.0. The van der Waals surface area contributed by atoms with Crippen LogP contribution in [0.4, 0.5) is 0 Å². The molecule has 1 saturated heterocycles. The Kier molecular flexibility index (Phi) is 3.11. The summed E-state index contributed by atoms with van der Waals surface area (Å²) in [5.41, 5.74) is 0.654. The van der Waals surface area contributed by atoms with Crippen molar-refractivity contribution in [3.8, 4) is 0 Å². The Bertz CT molecular complexity index is 559. The summed E-state index contributed by atoms with van der Waals surface area (Å²) in [6.07, 6.45) is 5.30. The predicted molar refractivity (Wildman–Crippen MR) is 69.6 cm³/mol. The van der Waals surface area contributed by atoms with Gasteiger partial charge in [0.05, 0.1) is 12.3 Å². The van der Waals surface area contributed by atoms with Gasteiger partial charge in [0.2, 0.25) is 0 Å². The largest absolute Gasteiger partial charge is 0.467 e. The molecule has 2 aromatic heterocycles. The van der Waals surface area contributed by atoms with Crippen molar-refractivity contribution in [2.75, 3.05) is 6.54 Å². The first-order chi connectivity index (χ1) is 9.31. The van der Waals surface area contributed by atoms with Crippen LogP contribution in [-0.4, -0.2) is 27.1 Å². The summed E-state index contributed by atoms with van der Waals surface area (Å²) in [4.78, 5) is 14.5. The molecule has 1 aliphatic rings. The van der Waals surface area contributed by atoms with Crippen molar-refractivity contribution in [1.82, 2.24) is 14.7 Å².